The van der Waals surface area contributed by atoms with E-state index in [1.54, 1.807) is 0 Å². The topological polar surface area (TPSA) is 78.8 Å². The van der Waals surface area contributed by atoms with Gasteiger partial charge in [0.15, 0.2) is 0 Å². The third-order valence-corrected chi connectivity index (χ3v) is 5.33. The van der Waals surface area contributed by atoms with Crippen molar-refractivity contribution in [1.29, 1.82) is 0 Å². The Labute approximate surface area is 181 Å². The van der Waals surface area contributed by atoms with Crippen LogP contribution in [0, 0.1) is 0 Å². The summed E-state index contributed by atoms with van der Waals surface area (Å²) in [5.41, 5.74) is 8.49. The highest BCUT2D eigenvalue weighted by atomic mass is 31.2. The molecule has 4 aromatic rings. The minimum Gasteiger partial charge on any atom is -0.302 e. The highest BCUT2D eigenvalue weighted by Crippen LogP contribution is 2.36. The molecule has 4 aromatic carbocycles. The van der Waals surface area contributed by atoms with Gasteiger partial charge >= 0.3 is 7.82 Å². The van der Waals surface area contributed by atoms with Crippen LogP contribution in [0.2, 0.25) is 0 Å². The molecule has 0 radical (unpaired) electrons. The molecule has 0 aliphatic carbocycles. The molecule has 0 aromatic heterocycles. The van der Waals surface area contributed by atoms with Crippen LogP contribution in [-0.2, 0) is 9.19 Å². The Kier molecular flexibility index (Phi) is 6.42. The summed E-state index contributed by atoms with van der Waals surface area (Å²) in [5.74, 6) is 0. The summed E-state index contributed by atoms with van der Waals surface area (Å²) in [4.78, 5) is 18.3. The van der Waals surface area contributed by atoms with E-state index in [-0.39, 0.29) is 0 Å². The number of nitrogens with one attached hydrogen (secondary N) is 1. The number of benzene rings is 4. The van der Waals surface area contributed by atoms with Crippen LogP contribution < -0.4 is 5.48 Å². The molecule has 0 unspecified atom stereocenters. The lowest BCUT2D eigenvalue weighted by molar-refractivity contribution is 0.108. The van der Waals surface area contributed by atoms with Gasteiger partial charge < -0.3 is 9.79 Å². The van der Waals surface area contributed by atoms with Crippen LogP contribution in [0.1, 0.15) is 17.2 Å². The van der Waals surface area contributed by atoms with Gasteiger partial charge in [0.05, 0.1) is 6.04 Å². The second-order valence-electron chi connectivity index (χ2n) is 7.11. The maximum absolute atomic E-state index is 11.3. The first-order valence-electron chi connectivity index (χ1n) is 9.80. The van der Waals surface area contributed by atoms with Crippen LogP contribution in [0.5, 0.6) is 0 Å². The summed E-state index contributed by atoms with van der Waals surface area (Å²) >= 11 is 0. The van der Waals surface area contributed by atoms with Crippen molar-refractivity contribution in [2.45, 2.75) is 6.04 Å². The van der Waals surface area contributed by atoms with Crippen molar-refractivity contribution in [3.8, 4) is 22.3 Å². The molecule has 4 rings (SSSR count). The molecule has 0 bridgehead atoms. The fraction of sp³-hybridized carbons (Fsp3) is 0.0400. The first-order chi connectivity index (χ1) is 15.0. The van der Waals surface area contributed by atoms with Crippen molar-refractivity contribution >= 4 is 7.82 Å². The van der Waals surface area contributed by atoms with Gasteiger partial charge in [-0.05, 0) is 33.4 Å². The molecule has 0 amide bonds. The highest BCUT2D eigenvalue weighted by Gasteiger charge is 2.21. The molecule has 31 heavy (non-hydrogen) atoms. The maximum atomic E-state index is 11.3. The molecule has 0 spiro atoms. The van der Waals surface area contributed by atoms with E-state index in [9.17, 15) is 14.4 Å². The molecule has 0 saturated carbocycles. The zero-order valence-corrected chi connectivity index (χ0v) is 17.5. The number of hydroxylamine groups is 1. The third kappa shape index (κ3) is 5.56. The van der Waals surface area contributed by atoms with Crippen molar-refractivity contribution in [2.75, 3.05) is 0 Å². The largest absolute Gasteiger partial charge is 0.486 e. The zero-order chi connectivity index (χ0) is 21.7. The summed E-state index contributed by atoms with van der Waals surface area (Å²) < 4.78 is 15.9. The fourth-order valence-corrected chi connectivity index (χ4v) is 3.69. The van der Waals surface area contributed by atoms with Crippen LogP contribution in [0.25, 0.3) is 22.3 Å². The van der Waals surface area contributed by atoms with Crippen LogP contribution in [0.15, 0.2) is 109 Å². The predicted molar refractivity (Wildman–Crippen MR) is 122 cm³/mol. The van der Waals surface area contributed by atoms with Crippen LogP contribution >= 0.6 is 7.82 Å². The summed E-state index contributed by atoms with van der Waals surface area (Å²) in [5, 5.41) is 0. The van der Waals surface area contributed by atoms with Gasteiger partial charge in [0.1, 0.15) is 0 Å². The van der Waals surface area contributed by atoms with Gasteiger partial charge in [-0.1, -0.05) is 109 Å². The molecule has 5 nitrogen and oxygen atoms in total. The molecule has 0 aliphatic rings. The van der Waals surface area contributed by atoms with E-state index >= 15 is 0 Å². The molecule has 0 heterocycles. The van der Waals surface area contributed by atoms with E-state index in [1.165, 1.54) is 0 Å². The molecule has 6 heteroatoms. The normalized spacial score (nSPS) is 11.6. The minimum atomic E-state index is -4.69. The lowest BCUT2D eigenvalue weighted by atomic mass is 9.95. The SMILES string of the molecule is O=P(O)(O)ONC(c1ccc(-c2ccccc2)cc1)c1ccc(-c2ccccc2)cc1. The molecular weight excluding hydrogens is 409 g/mol. The standard InChI is InChI=1S/C25H22NO4P/c27-31(28,29)30-26-25(23-15-11-21(12-16-23)19-7-3-1-4-8-19)24-17-13-22(14-18-24)20-9-5-2-6-10-20/h1-18,25-26H,(H2,27,28,29). The number of hydrogen-bond donors (Lipinski definition) is 3. The monoisotopic (exact) mass is 431 g/mol. The predicted octanol–water partition coefficient (Wildman–Crippen LogP) is 5.72. The number of hydrogen-bond acceptors (Lipinski definition) is 3. The van der Waals surface area contributed by atoms with E-state index in [0.717, 1.165) is 33.4 Å². The first kappa shape index (κ1) is 21.2. The van der Waals surface area contributed by atoms with Crippen LogP contribution in [-0.4, -0.2) is 9.79 Å². The quantitative estimate of drug-likeness (QED) is 0.258. The maximum Gasteiger partial charge on any atom is 0.486 e. The second-order valence-corrected chi connectivity index (χ2v) is 8.27. The van der Waals surface area contributed by atoms with Crippen molar-refractivity contribution in [3.63, 3.8) is 0 Å². The van der Waals surface area contributed by atoms with Crippen molar-refractivity contribution < 1.29 is 19.0 Å². The summed E-state index contributed by atoms with van der Waals surface area (Å²) in [7, 11) is -4.69. The second kappa shape index (κ2) is 9.40. The molecule has 0 saturated heterocycles. The van der Waals surface area contributed by atoms with Crippen molar-refractivity contribution in [3.05, 3.63) is 120 Å². The van der Waals surface area contributed by atoms with Crippen LogP contribution in [0.3, 0.4) is 0 Å². The van der Waals surface area contributed by atoms with Gasteiger partial charge in [0, 0.05) is 0 Å². The van der Waals surface area contributed by atoms with Crippen LogP contribution in [0.4, 0.5) is 0 Å². The first-order valence-corrected chi connectivity index (χ1v) is 11.3. The fourth-order valence-electron chi connectivity index (χ4n) is 3.45. The summed E-state index contributed by atoms with van der Waals surface area (Å²) in [6.45, 7) is 0. The third-order valence-electron chi connectivity index (χ3n) is 4.99. The molecule has 156 valence electrons. The molecular formula is C25H22NO4P. The molecule has 0 fully saturated rings. The van der Waals surface area contributed by atoms with E-state index in [0.29, 0.717) is 0 Å². The Balaban J connectivity index is 1.63. The van der Waals surface area contributed by atoms with E-state index in [4.69, 9.17) is 0 Å². The van der Waals surface area contributed by atoms with Gasteiger partial charge in [-0.2, -0.15) is 10.1 Å². The summed E-state index contributed by atoms with van der Waals surface area (Å²) in [6, 6.07) is 35.1. The Morgan fingerprint density at radius 2 is 0.935 bits per heavy atom. The average molecular weight is 431 g/mol. The highest BCUT2D eigenvalue weighted by molar-refractivity contribution is 7.46. The van der Waals surface area contributed by atoms with E-state index < -0.39 is 13.9 Å². The van der Waals surface area contributed by atoms with Gasteiger partial charge in [0.2, 0.25) is 0 Å². The Morgan fingerprint density at radius 3 is 1.29 bits per heavy atom. The molecule has 0 aliphatic heterocycles. The molecule has 0 atom stereocenters. The molecule has 3 N–H and O–H groups in total. The Bertz CT molecular complexity index is 1070. The van der Waals surface area contributed by atoms with Crippen molar-refractivity contribution in [2.24, 2.45) is 0 Å². The lowest BCUT2D eigenvalue weighted by Crippen LogP contribution is -2.21. The summed E-state index contributed by atoms with van der Waals surface area (Å²) in [6.07, 6.45) is 0. The van der Waals surface area contributed by atoms with E-state index in [1.807, 2.05) is 109 Å². The Hall–Kier alpha value is -3.05. The van der Waals surface area contributed by atoms with Gasteiger partial charge in [-0.25, -0.2) is 4.57 Å². The van der Waals surface area contributed by atoms with Gasteiger partial charge in [0.25, 0.3) is 0 Å². The lowest BCUT2D eigenvalue weighted by Gasteiger charge is -2.20. The van der Waals surface area contributed by atoms with Gasteiger partial charge in [-0.15, -0.1) is 0 Å². The van der Waals surface area contributed by atoms with Gasteiger partial charge in [-0.3, -0.25) is 0 Å². The Morgan fingerprint density at radius 1 is 0.581 bits per heavy atom. The van der Waals surface area contributed by atoms with Crippen molar-refractivity contribution in [1.82, 2.24) is 5.48 Å². The zero-order valence-electron chi connectivity index (χ0n) is 16.6. The average Bonchev–Trinajstić information content (AvgIpc) is 2.80. The number of rotatable bonds is 7. The number of phosphoric acid groups is 1. The minimum absolute atomic E-state index is 0.553. The smallest absolute Gasteiger partial charge is 0.302 e. The van der Waals surface area contributed by atoms with E-state index in [2.05, 4.69) is 10.1 Å².